The first-order valence-corrected chi connectivity index (χ1v) is 10.4. The molecule has 4 nitrogen and oxygen atoms in total. The van der Waals surface area contributed by atoms with Gasteiger partial charge in [0.15, 0.2) is 0 Å². The van der Waals surface area contributed by atoms with Gasteiger partial charge in [-0.2, -0.15) is 0 Å². The summed E-state index contributed by atoms with van der Waals surface area (Å²) in [6, 6.07) is 0.847. The first-order chi connectivity index (χ1) is 9.26. The molecule has 0 aromatic carbocycles. The lowest BCUT2D eigenvalue weighted by Crippen LogP contribution is -2.46. The molecule has 0 aliphatic carbocycles. The summed E-state index contributed by atoms with van der Waals surface area (Å²) in [5.74, 6) is 1.24. The molecule has 6 heteroatoms. The van der Waals surface area contributed by atoms with Crippen molar-refractivity contribution >= 4 is 20.6 Å². The minimum Gasteiger partial charge on any atom is -0.374 e. The molecule has 1 rings (SSSR count). The lowest BCUT2D eigenvalue weighted by molar-refractivity contribution is 0.0638. The predicted molar refractivity (Wildman–Crippen MR) is 81.5 cm³/mol. The molecule has 0 saturated carbocycles. The summed E-state index contributed by atoms with van der Waals surface area (Å²) in [4.78, 5) is 0. The molecule has 0 N–H and O–H groups in total. The molecule has 0 amide bonds. The zero-order valence-corrected chi connectivity index (χ0v) is 14.3. The molecule has 1 unspecified atom stereocenters. The van der Waals surface area contributed by atoms with Crippen LogP contribution in [0.25, 0.3) is 0 Å². The van der Waals surface area contributed by atoms with E-state index in [0.717, 1.165) is 19.1 Å². The Morgan fingerprint density at radius 2 is 1.68 bits per heavy atom. The van der Waals surface area contributed by atoms with Crippen LogP contribution < -0.4 is 0 Å². The van der Waals surface area contributed by atoms with E-state index in [1.165, 1.54) is 18.6 Å². The lowest BCUT2D eigenvalue weighted by atomic mass is 10.4. The van der Waals surface area contributed by atoms with Crippen molar-refractivity contribution in [2.75, 3.05) is 32.2 Å². The van der Waals surface area contributed by atoms with E-state index in [9.17, 15) is 0 Å². The normalized spacial score (nSPS) is 20.1. The van der Waals surface area contributed by atoms with Crippen LogP contribution in [0.1, 0.15) is 40.0 Å². The summed E-state index contributed by atoms with van der Waals surface area (Å²) >= 11 is 1.93. The molecule has 0 bridgehead atoms. The monoisotopic (exact) mass is 308 g/mol. The van der Waals surface area contributed by atoms with E-state index in [-0.39, 0.29) is 0 Å². The van der Waals surface area contributed by atoms with Crippen molar-refractivity contribution in [3.8, 4) is 0 Å². The van der Waals surface area contributed by atoms with E-state index in [4.69, 9.17) is 18.0 Å². The van der Waals surface area contributed by atoms with Gasteiger partial charge in [0.1, 0.15) is 5.44 Å². The Hall–Kier alpha value is 0.407. The van der Waals surface area contributed by atoms with Crippen molar-refractivity contribution in [3.05, 3.63) is 0 Å². The molecule has 1 atom stereocenters. The SMILES string of the molecule is CCO[Si](CCCOC1CCCS1)(OCC)OCC. The standard InChI is InChI=1S/C13H28O4SSi/c1-4-15-19(16-5-2,17-6-3)12-8-10-14-13-9-7-11-18-13/h13H,4-12H2,1-3H3. The van der Waals surface area contributed by atoms with Gasteiger partial charge in [-0.15, -0.1) is 11.8 Å². The summed E-state index contributed by atoms with van der Waals surface area (Å²) in [5, 5.41) is 0. The quantitative estimate of drug-likeness (QED) is 0.432. The summed E-state index contributed by atoms with van der Waals surface area (Å²) in [5.41, 5.74) is 0.405. The van der Waals surface area contributed by atoms with Crippen LogP contribution in [-0.4, -0.2) is 46.4 Å². The first-order valence-electron chi connectivity index (χ1n) is 7.41. The number of ether oxygens (including phenoxy) is 1. The minimum absolute atomic E-state index is 0.405. The van der Waals surface area contributed by atoms with Crippen LogP contribution in [0.4, 0.5) is 0 Å². The van der Waals surface area contributed by atoms with E-state index in [1.54, 1.807) is 0 Å². The fourth-order valence-electron chi connectivity index (χ4n) is 2.18. The van der Waals surface area contributed by atoms with Crippen LogP contribution in [-0.2, 0) is 18.0 Å². The molecule has 0 aromatic heterocycles. The molecule has 1 aliphatic rings. The maximum atomic E-state index is 5.85. The predicted octanol–water partition coefficient (Wildman–Crippen LogP) is 3.29. The second kappa shape index (κ2) is 10.2. The highest BCUT2D eigenvalue weighted by Crippen LogP contribution is 2.27. The zero-order chi connectivity index (χ0) is 14.0. The average molecular weight is 309 g/mol. The van der Waals surface area contributed by atoms with E-state index in [0.29, 0.717) is 25.3 Å². The van der Waals surface area contributed by atoms with Gasteiger partial charge < -0.3 is 18.0 Å². The van der Waals surface area contributed by atoms with Gasteiger partial charge in [-0.3, -0.25) is 0 Å². The number of hydrogen-bond acceptors (Lipinski definition) is 5. The smallest absolute Gasteiger partial charge is 0.374 e. The maximum absolute atomic E-state index is 5.85. The molecule has 1 saturated heterocycles. The third kappa shape index (κ3) is 6.60. The van der Waals surface area contributed by atoms with Crippen molar-refractivity contribution in [1.29, 1.82) is 0 Å². The molecule has 0 spiro atoms. The zero-order valence-electron chi connectivity index (χ0n) is 12.5. The van der Waals surface area contributed by atoms with Crippen molar-refractivity contribution in [1.82, 2.24) is 0 Å². The third-order valence-corrected chi connectivity index (χ3v) is 7.33. The van der Waals surface area contributed by atoms with Crippen molar-refractivity contribution in [2.45, 2.75) is 51.5 Å². The van der Waals surface area contributed by atoms with E-state index >= 15 is 0 Å². The Balaban J connectivity index is 2.28. The van der Waals surface area contributed by atoms with E-state index < -0.39 is 8.80 Å². The molecule has 0 aromatic rings. The van der Waals surface area contributed by atoms with Gasteiger partial charge in [-0.25, -0.2) is 0 Å². The Labute approximate surface area is 122 Å². The van der Waals surface area contributed by atoms with Crippen molar-refractivity contribution in [2.24, 2.45) is 0 Å². The van der Waals surface area contributed by atoms with Crippen LogP contribution in [0.15, 0.2) is 0 Å². The lowest BCUT2D eigenvalue weighted by Gasteiger charge is -2.28. The Morgan fingerprint density at radius 1 is 1.05 bits per heavy atom. The molecular formula is C13H28O4SSi. The van der Waals surface area contributed by atoms with E-state index in [1.807, 2.05) is 32.5 Å². The maximum Gasteiger partial charge on any atom is 0.501 e. The highest BCUT2D eigenvalue weighted by Gasteiger charge is 2.39. The van der Waals surface area contributed by atoms with E-state index in [2.05, 4.69) is 0 Å². The fourth-order valence-corrected chi connectivity index (χ4v) is 5.89. The molecule has 114 valence electrons. The van der Waals surface area contributed by atoms with Gasteiger partial charge >= 0.3 is 8.80 Å². The Morgan fingerprint density at radius 3 is 2.16 bits per heavy atom. The van der Waals surface area contributed by atoms with Crippen LogP contribution in [0.5, 0.6) is 0 Å². The summed E-state index contributed by atoms with van der Waals surface area (Å²) in [6.07, 6.45) is 3.42. The van der Waals surface area contributed by atoms with Crippen molar-refractivity contribution in [3.63, 3.8) is 0 Å². The molecule has 1 fully saturated rings. The molecule has 1 aliphatic heterocycles. The van der Waals surface area contributed by atoms with Crippen LogP contribution in [0.3, 0.4) is 0 Å². The topological polar surface area (TPSA) is 36.9 Å². The highest BCUT2D eigenvalue weighted by atomic mass is 32.2. The van der Waals surface area contributed by atoms with Crippen molar-refractivity contribution < 1.29 is 18.0 Å². The minimum atomic E-state index is -2.46. The van der Waals surface area contributed by atoms with Crippen LogP contribution in [0, 0.1) is 0 Å². The molecule has 19 heavy (non-hydrogen) atoms. The first kappa shape index (κ1) is 17.5. The van der Waals surface area contributed by atoms with Gasteiger partial charge in [0, 0.05) is 32.5 Å². The van der Waals surface area contributed by atoms with Gasteiger partial charge in [-0.05, 0) is 45.8 Å². The average Bonchev–Trinajstić information content (AvgIpc) is 2.89. The van der Waals surface area contributed by atoms with Crippen LogP contribution >= 0.6 is 11.8 Å². The van der Waals surface area contributed by atoms with Gasteiger partial charge in [0.05, 0.1) is 0 Å². The number of rotatable bonds is 11. The second-order valence-corrected chi connectivity index (χ2v) is 8.40. The highest BCUT2D eigenvalue weighted by molar-refractivity contribution is 8.00. The molecule has 0 radical (unpaired) electrons. The number of hydrogen-bond donors (Lipinski definition) is 0. The molecule has 1 heterocycles. The largest absolute Gasteiger partial charge is 0.501 e. The van der Waals surface area contributed by atoms with Crippen LogP contribution in [0.2, 0.25) is 6.04 Å². The number of thioether (sulfide) groups is 1. The van der Waals surface area contributed by atoms with Gasteiger partial charge in [0.25, 0.3) is 0 Å². The third-order valence-electron chi connectivity index (χ3n) is 2.91. The van der Waals surface area contributed by atoms with Gasteiger partial charge in [-0.1, -0.05) is 0 Å². The molecular weight excluding hydrogens is 280 g/mol. The summed E-state index contributed by atoms with van der Waals surface area (Å²) in [7, 11) is -2.46. The summed E-state index contributed by atoms with van der Waals surface area (Å²) in [6.45, 7) is 8.69. The Bertz CT molecular complexity index is 208. The van der Waals surface area contributed by atoms with Gasteiger partial charge in [0.2, 0.25) is 0 Å². The Kier molecular flexibility index (Phi) is 9.35. The summed E-state index contributed by atoms with van der Waals surface area (Å²) < 4.78 is 23.3. The fraction of sp³-hybridized carbons (Fsp3) is 1.00. The second-order valence-electron chi connectivity index (χ2n) is 4.40.